The summed E-state index contributed by atoms with van der Waals surface area (Å²) in [6.45, 7) is 3.20. The summed E-state index contributed by atoms with van der Waals surface area (Å²) >= 11 is 0. The summed E-state index contributed by atoms with van der Waals surface area (Å²) in [4.78, 5) is 0. The Kier molecular flexibility index (Phi) is 3.46. The van der Waals surface area contributed by atoms with Crippen molar-refractivity contribution in [2.75, 3.05) is 6.61 Å². The summed E-state index contributed by atoms with van der Waals surface area (Å²) in [5.74, 6) is 1.90. The zero-order valence-corrected chi connectivity index (χ0v) is 10.9. The van der Waals surface area contributed by atoms with Crippen LogP contribution in [-0.4, -0.2) is 22.8 Å². The molecule has 1 heterocycles. The molecule has 5 heteroatoms. The standard InChI is InChI=1S/C14H17N3O2/c1-2-18-12-6-4-3-5-11(12)14-17-16-13(19-14)9-15-10-7-8-10/h3-6,10,15H,2,7-9H2,1H3. The van der Waals surface area contributed by atoms with Crippen LogP contribution in [0.5, 0.6) is 5.75 Å². The lowest BCUT2D eigenvalue weighted by molar-refractivity contribution is 0.340. The van der Waals surface area contributed by atoms with E-state index in [2.05, 4.69) is 15.5 Å². The van der Waals surface area contributed by atoms with Crippen LogP contribution in [-0.2, 0) is 6.54 Å². The van der Waals surface area contributed by atoms with Gasteiger partial charge in [-0.2, -0.15) is 0 Å². The number of hydrogen-bond acceptors (Lipinski definition) is 5. The van der Waals surface area contributed by atoms with Gasteiger partial charge in [0.2, 0.25) is 5.89 Å². The van der Waals surface area contributed by atoms with Gasteiger partial charge in [-0.15, -0.1) is 10.2 Å². The molecule has 1 saturated carbocycles. The van der Waals surface area contributed by atoms with Crippen LogP contribution in [0.3, 0.4) is 0 Å². The highest BCUT2D eigenvalue weighted by atomic mass is 16.5. The molecule has 0 radical (unpaired) electrons. The highest BCUT2D eigenvalue weighted by Crippen LogP contribution is 2.28. The van der Waals surface area contributed by atoms with Crippen molar-refractivity contribution in [2.24, 2.45) is 0 Å². The van der Waals surface area contributed by atoms with E-state index in [0.717, 1.165) is 11.3 Å². The molecule has 100 valence electrons. The van der Waals surface area contributed by atoms with E-state index in [4.69, 9.17) is 9.15 Å². The fourth-order valence-corrected chi connectivity index (χ4v) is 1.88. The van der Waals surface area contributed by atoms with Gasteiger partial charge in [-0.05, 0) is 31.9 Å². The van der Waals surface area contributed by atoms with Gasteiger partial charge in [-0.25, -0.2) is 0 Å². The molecule has 0 atom stereocenters. The van der Waals surface area contributed by atoms with Gasteiger partial charge in [0.1, 0.15) is 5.75 Å². The van der Waals surface area contributed by atoms with Crippen LogP contribution in [0.25, 0.3) is 11.5 Å². The van der Waals surface area contributed by atoms with Crippen molar-refractivity contribution in [3.8, 4) is 17.2 Å². The number of hydrogen-bond donors (Lipinski definition) is 1. The van der Waals surface area contributed by atoms with Gasteiger partial charge in [0.05, 0.1) is 18.7 Å². The second-order valence-corrected chi connectivity index (χ2v) is 4.59. The Morgan fingerprint density at radius 2 is 2.16 bits per heavy atom. The van der Waals surface area contributed by atoms with Crippen molar-refractivity contribution in [1.29, 1.82) is 0 Å². The van der Waals surface area contributed by atoms with Crippen LogP contribution in [0.2, 0.25) is 0 Å². The fraction of sp³-hybridized carbons (Fsp3) is 0.429. The van der Waals surface area contributed by atoms with Gasteiger partial charge < -0.3 is 14.5 Å². The van der Waals surface area contributed by atoms with Crippen LogP contribution in [0, 0.1) is 0 Å². The number of benzene rings is 1. The van der Waals surface area contributed by atoms with Gasteiger partial charge in [-0.3, -0.25) is 0 Å². The molecule has 0 unspecified atom stereocenters. The van der Waals surface area contributed by atoms with Crippen LogP contribution in [0.4, 0.5) is 0 Å². The lowest BCUT2D eigenvalue weighted by Gasteiger charge is -2.06. The number of nitrogens with zero attached hydrogens (tertiary/aromatic N) is 2. The van der Waals surface area contributed by atoms with Crippen LogP contribution < -0.4 is 10.1 Å². The summed E-state index contributed by atoms with van der Waals surface area (Å²) < 4.78 is 11.2. The maximum absolute atomic E-state index is 5.67. The Morgan fingerprint density at radius 3 is 2.95 bits per heavy atom. The number of para-hydroxylation sites is 1. The zero-order valence-electron chi connectivity index (χ0n) is 10.9. The zero-order chi connectivity index (χ0) is 13.1. The van der Waals surface area contributed by atoms with Crippen molar-refractivity contribution >= 4 is 0 Å². The number of ether oxygens (including phenoxy) is 1. The molecular formula is C14H17N3O2. The summed E-state index contributed by atoms with van der Waals surface area (Å²) in [5, 5.41) is 11.5. The number of nitrogens with one attached hydrogen (secondary N) is 1. The lowest BCUT2D eigenvalue weighted by atomic mass is 10.2. The lowest BCUT2D eigenvalue weighted by Crippen LogP contribution is -2.15. The van der Waals surface area contributed by atoms with Crippen molar-refractivity contribution < 1.29 is 9.15 Å². The molecule has 0 aliphatic heterocycles. The first-order valence-corrected chi connectivity index (χ1v) is 6.64. The molecule has 0 spiro atoms. The summed E-state index contributed by atoms with van der Waals surface area (Å²) in [5.41, 5.74) is 0.842. The Balaban J connectivity index is 1.77. The average molecular weight is 259 g/mol. The van der Waals surface area contributed by atoms with E-state index in [1.165, 1.54) is 12.8 Å². The SMILES string of the molecule is CCOc1ccccc1-c1nnc(CNC2CC2)o1. The number of rotatable bonds is 6. The Labute approximate surface area is 112 Å². The van der Waals surface area contributed by atoms with Crippen LogP contribution in [0.1, 0.15) is 25.7 Å². The minimum atomic E-state index is 0.511. The van der Waals surface area contributed by atoms with Crippen molar-refractivity contribution in [3.63, 3.8) is 0 Å². The summed E-state index contributed by atoms with van der Waals surface area (Å²) in [6.07, 6.45) is 2.49. The Hall–Kier alpha value is -1.88. The van der Waals surface area contributed by atoms with Gasteiger partial charge in [-0.1, -0.05) is 12.1 Å². The minimum absolute atomic E-state index is 0.511. The minimum Gasteiger partial charge on any atom is -0.493 e. The highest BCUT2D eigenvalue weighted by Gasteiger charge is 2.21. The quantitative estimate of drug-likeness (QED) is 0.863. The smallest absolute Gasteiger partial charge is 0.251 e. The van der Waals surface area contributed by atoms with Crippen molar-refractivity contribution in [3.05, 3.63) is 30.2 Å². The first-order valence-electron chi connectivity index (χ1n) is 6.64. The molecule has 0 bridgehead atoms. The van der Waals surface area contributed by atoms with E-state index >= 15 is 0 Å². The van der Waals surface area contributed by atoms with E-state index in [0.29, 0.717) is 31.0 Å². The molecule has 1 aliphatic carbocycles. The molecule has 2 aromatic rings. The molecule has 0 saturated heterocycles. The first kappa shape index (κ1) is 12.2. The molecular weight excluding hydrogens is 242 g/mol. The van der Waals surface area contributed by atoms with Gasteiger partial charge >= 0.3 is 0 Å². The molecule has 19 heavy (non-hydrogen) atoms. The summed E-state index contributed by atoms with van der Waals surface area (Å²) in [6, 6.07) is 8.33. The fourth-order valence-electron chi connectivity index (χ4n) is 1.88. The Morgan fingerprint density at radius 1 is 1.32 bits per heavy atom. The molecule has 1 aromatic heterocycles. The third kappa shape index (κ3) is 2.93. The van der Waals surface area contributed by atoms with E-state index in [-0.39, 0.29) is 0 Å². The van der Waals surface area contributed by atoms with E-state index in [1.807, 2.05) is 31.2 Å². The Bertz CT molecular complexity index is 549. The molecule has 1 aliphatic rings. The summed E-state index contributed by atoms with van der Waals surface area (Å²) in [7, 11) is 0. The maximum atomic E-state index is 5.67. The van der Waals surface area contributed by atoms with Crippen LogP contribution in [0.15, 0.2) is 28.7 Å². The largest absolute Gasteiger partial charge is 0.493 e. The predicted molar refractivity (Wildman–Crippen MR) is 70.8 cm³/mol. The second kappa shape index (κ2) is 5.40. The molecule has 1 fully saturated rings. The van der Waals surface area contributed by atoms with E-state index in [1.54, 1.807) is 0 Å². The third-order valence-electron chi connectivity index (χ3n) is 3.00. The topological polar surface area (TPSA) is 60.2 Å². The molecule has 5 nitrogen and oxygen atoms in total. The third-order valence-corrected chi connectivity index (χ3v) is 3.00. The second-order valence-electron chi connectivity index (χ2n) is 4.59. The van der Waals surface area contributed by atoms with E-state index < -0.39 is 0 Å². The van der Waals surface area contributed by atoms with Gasteiger partial charge in [0, 0.05) is 6.04 Å². The normalized spacial score (nSPS) is 14.6. The molecule has 1 aromatic carbocycles. The monoisotopic (exact) mass is 259 g/mol. The van der Waals surface area contributed by atoms with Gasteiger partial charge in [0.15, 0.2) is 0 Å². The van der Waals surface area contributed by atoms with Crippen LogP contribution >= 0.6 is 0 Å². The van der Waals surface area contributed by atoms with Gasteiger partial charge in [0.25, 0.3) is 5.89 Å². The molecule has 3 rings (SSSR count). The molecule has 1 N–H and O–H groups in total. The van der Waals surface area contributed by atoms with E-state index in [9.17, 15) is 0 Å². The number of aromatic nitrogens is 2. The van der Waals surface area contributed by atoms with Crippen molar-refractivity contribution in [2.45, 2.75) is 32.4 Å². The highest BCUT2D eigenvalue weighted by molar-refractivity contribution is 5.62. The predicted octanol–water partition coefficient (Wildman–Crippen LogP) is 2.39. The molecule has 0 amide bonds. The first-order chi connectivity index (χ1) is 9.36. The average Bonchev–Trinajstić information content (AvgIpc) is 3.15. The maximum Gasteiger partial charge on any atom is 0.251 e. The van der Waals surface area contributed by atoms with Crippen molar-refractivity contribution in [1.82, 2.24) is 15.5 Å².